The normalized spacial score (nSPS) is 11.5. The highest BCUT2D eigenvalue weighted by atomic mass is 32.1. The van der Waals surface area contributed by atoms with E-state index in [0.717, 1.165) is 5.69 Å². The topological polar surface area (TPSA) is 82.9 Å². The molecular formula is C18H13N3O2S2. The number of ketones is 1. The Kier molecular flexibility index (Phi) is 5.03. The first-order valence-electron chi connectivity index (χ1n) is 7.39. The van der Waals surface area contributed by atoms with E-state index in [1.807, 2.05) is 23.8 Å². The fourth-order valence-electron chi connectivity index (χ4n) is 2.25. The van der Waals surface area contributed by atoms with Crippen molar-refractivity contribution in [1.82, 2.24) is 4.98 Å². The van der Waals surface area contributed by atoms with Crippen molar-refractivity contribution < 1.29 is 9.59 Å². The highest BCUT2D eigenvalue weighted by molar-refractivity contribution is 7.12. The number of thiazole rings is 1. The number of amides is 1. The Morgan fingerprint density at radius 2 is 2.08 bits per heavy atom. The number of hydrogen-bond donors (Lipinski definition) is 1. The summed E-state index contributed by atoms with van der Waals surface area (Å²) in [6.45, 7) is 1.82. The van der Waals surface area contributed by atoms with Crippen molar-refractivity contribution in [1.29, 1.82) is 5.26 Å². The molecule has 1 aromatic carbocycles. The minimum absolute atomic E-state index is 0.230. The van der Waals surface area contributed by atoms with E-state index in [-0.39, 0.29) is 11.7 Å². The summed E-state index contributed by atoms with van der Waals surface area (Å²) in [6.07, 6.45) is 0. The van der Waals surface area contributed by atoms with E-state index >= 15 is 0 Å². The number of thiophene rings is 1. The van der Waals surface area contributed by atoms with Gasteiger partial charge in [-0.15, -0.1) is 22.7 Å². The molecule has 1 atom stereocenters. The second-order valence-corrected chi connectivity index (χ2v) is 7.10. The standard InChI is InChI=1S/C18H13N3O2S2/c1-11-10-25-18(20-11)14(9-19)16(22)12-4-2-5-13(8-12)21-17(23)15-6-3-7-24-15/h2-8,10,14H,1H3,(H,21,23). The number of aromatic nitrogens is 1. The van der Waals surface area contributed by atoms with E-state index in [2.05, 4.69) is 10.3 Å². The zero-order valence-electron chi connectivity index (χ0n) is 13.2. The van der Waals surface area contributed by atoms with Crippen LogP contribution in [0.1, 0.15) is 36.6 Å². The lowest BCUT2D eigenvalue weighted by atomic mass is 9.99. The predicted molar refractivity (Wildman–Crippen MR) is 98.2 cm³/mol. The highest BCUT2D eigenvalue weighted by Gasteiger charge is 2.25. The molecule has 0 bridgehead atoms. The average molecular weight is 367 g/mol. The van der Waals surface area contributed by atoms with Crippen LogP contribution in [0.5, 0.6) is 0 Å². The number of carbonyl (C=O) groups is 2. The SMILES string of the molecule is Cc1csc(C(C#N)C(=O)c2cccc(NC(=O)c3cccs3)c2)n1. The van der Waals surface area contributed by atoms with Crippen molar-refractivity contribution in [3.63, 3.8) is 0 Å². The van der Waals surface area contributed by atoms with Crippen LogP contribution >= 0.6 is 22.7 Å². The Labute approximate surface area is 152 Å². The van der Waals surface area contributed by atoms with Gasteiger partial charge in [-0.2, -0.15) is 5.26 Å². The lowest BCUT2D eigenvalue weighted by Crippen LogP contribution is -2.13. The number of aryl methyl sites for hydroxylation is 1. The molecule has 2 aromatic heterocycles. The average Bonchev–Trinajstić information content (AvgIpc) is 3.28. The monoisotopic (exact) mass is 367 g/mol. The van der Waals surface area contributed by atoms with Crippen LogP contribution in [0.15, 0.2) is 47.2 Å². The van der Waals surface area contributed by atoms with Crippen molar-refractivity contribution in [2.24, 2.45) is 0 Å². The minimum atomic E-state index is -0.943. The molecular weight excluding hydrogens is 354 g/mol. The lowest BCUT2D eigenvalue weighted by Gasteiger charge is -2.08. The minimum Gasteiger partial charge on any atom is -0.321 e. The number of hydrogen-bond acceptors (Lipinski definition) is 6. The van der Waals surface area contributed by atoms with Crippen LogP contribution in [-0.4, -0.2) is 16.7 Å². The quantitative estimate of drug-likeness (QED) is 0.683. The van der Waals surface area contributed by atoms with Gasteiger partial charge in [0.1, 0.15) is 5.01 Å². The largest absolute Gasteiger partial charge is 0.321 e. The van der Waals surface area contributed by atoms with Crippen LogP contribution in [0.3, 0.4) is 0 Å². The van der Waals surface area contributed by atoms with Gasteiger partial charge in [0.15, 0.2) is 11.7 Å². The summed E-state index contributed by atoms with van der Waals surface area (Å²) in [5.41, 5.74) is 1.66. The molecule has 25 heavy (non-hydrogen) atoms. The molecule has 0 radical (unpaired) electrons. The number of benzene rings is 1. The van der Waals surface area contributed by atoms with Gasteiger partial charge in [0.25, 0.3) is 5.91 Å². The molecule has 3 aromatic rings. The Balaban J connectivity index is 1.82. The van der Waals surface area contributed by atoms with E-state index in [1.54, 1.807) is 36.4 Å². The highest BCUT2D eigenvalue weighted by Crippen LogP contribution is 2.25. The summed E-state index contributed by atoms with van der Waals surface area (Å²) in [4.78, 5) is 29.6. The van der Waals surface area contributed by atoms with Gasteiger partial charge in [-0.1, -0.05) is 18.2 Å². The second kappa shape index (κ2) is 7.38. The molecule has 0 aliphatic heterocycles. The number of nitriles is 1. The van der Waals surface area contributed by atoms with Crippen LogP contribution in [-0.2, 0) is 0 Å². The van der Waals surface area contributed by atoms with Crippen molar-refractivity contribution in [2.75, 3.05) is 5.32 Å². The maximum absolute atomic E-state index is 12.7. The summed E-state index contributed by atoms with van der Waals surface area (Å²) in [5.74, 6) is -1.50. The molecule has 0 saturated heterocycles. The molecule has 0 aliphatic carbocycles. The smallest absolute Gasteiger partial charge is 0.265 e. The fraction of sp³-hybridized carbons (Fsp3) is 0.111. The van der Waals surface area contributed by atoms with Crippen molar-refractivity contribution in [2.45, 2.75) is 12.8 Å². The third-order valence-electron chi connectivity index (χ3n) is 3.42. The Morgan fingerprint density at radius 3 is 2.72 bits per heavy atom. The fourth-order valence-corrected chi connectivity index (χ4v) is 3.70. The van der Waals surface area contributed by atoms with E-state index in [4.69, 9.17) is 0 Å². The lowest BCUT2D eigenvalue weighted by molar-refractivity contribution is 0.0976. The van der Waals surface area contributed by atoms with Gasteiger partial charge < -0.3 is 5.32 Å². The van der Waals surface area contributed by atoms with Crippen molar-refractivity contribution in [3.8, 4) is 6.07 Å². The third kappa shape index (κ3) is 3.82. The number of rotatable bonds is 5. The van der Waals surface area contributed by atoms with Crippen molar-refractivity contribution >= 4 is 40.1 Å². The van der Waals surface area contributed by atoms with E-state index < -0.39 is 5.92 Å². The molecule has 0 aliphatic rings. The predicted octanol–water partition coefficient (Wildman–Crippen LogP) is 4.26. The number of carbonyl (C=O) groups excluding carboxylic acids is 2. The van der Waals surface area contributed by atoms with Gasteiger partial charge in [0, 0.05) is 22.3 Å². The van der Waals surface area contributed by atoms with Gasteiger partial charge in [0.05, 0.1) is 10.9 Å². The molecule has 124 valence electrons. The number of Topliss-reactive ketones (excluding diaryl/α,β-unsaturated/α-hetero) is 1. The maximum atomic E-state index is 12.7. The number of anilines is 1. The zero-order chi connectivity index (χ0) is 17.8. The van der Waals surface area contributed by atoms with Crippen LogP contribution in [0, 0.1) is 18.3 Å². The van der Waals surface area contributed by atoms with Gasteiger partial charge in [-0.3, -0.25) is 9.59 Å². The zero-order valence-corrected chi connectivity index (χ0v) is 14.9. The molecule has 3 rings (SSSR count). The first-order chi connectivity index (χ1) is 12.1. The number of nitrogens with one attached hydrogen (secondary N) is 1. The summed E-state index contributed by atoms with van der Waals surface area (Å²) in [6, 6.07) is 12.2. The summed E-state index contributed by atoms with van der Waals surface area (Å²) in [7, 11) is 0. The number of nitrogens with zero attached hydrogens (tertiary/aromatic N) is 2. The van der Waals surface area contributed by atoms with E-state index in [1.165, 1.54) is 22.7 Å². The Hall–Kier alpha value is -2.82. The molecule has 1 unspecified atom stereocenters. The van der Waals surface area contributed by atoms with E-state index in [9.17, 15) is 14.9 Å². The van der Waals surface area contributed by atoms with Gasteiger partial charge in [0.2, 0.25) is 0 Å². The van der Waals surface area contributed by atoms with Crippen LogP contribution in [0.25, 0.3) is 0 Å². The molecule has 1 amide bonds. The Morgan fingerprint density at radius 1 is 1.24 bits per heavy atom. The van der Waals surface area contributed by atoms with Gasteiger partial charge in [-0.25, -0.2) is 4.98 Å². The van der Waals surface area contributed by atoms with E-state index in [0.29, 0.717) is 21.1 Å². The van der Waals surface area contributed by atoms with Gasteiger partial charge in [-0.05, 0) is 30.5 Å². The first-order valence-corrected chi connectivity index (χ1v) is 9.15. The van der Waals surface area contributed by atoms with Crippen LogP contribution in [0.4, 0.5) is 5.69 Å². The molecule has 0 saturated carbocycles. The molecule has 5 nitrogen and oxygen atoms in total. The first kappa shape index (κ1) is 17.0. The van der Waals surface area contributed by atoms with Crippen LogP contribution < -0.4 is 5.32 Å². The summed E-state index contributed by atoms with van der Waals surface area (Å²) in [5, 5.41) is 16.3. The molecule has 1 N–H and O–H groups in total. The maximum Gasteiger partial charge on any atom is 0.265 e. The second-order valence-electron chi connectivity index (χ2n) is 5.27. The third-order valence-corrected chi connectivity index (χ3v) is 5.32. The van der Waals surface area contributed by atoms with Crippen LogP contribution in [0.2, 0.25) is 0 Å². The molecule has 0 spiro atoms. The van der Waals surface area contributed by atoms with Crippen molar-refractivity contribution in [3.05, 3.63) is 68.3 Å². The van der Waals surface area contributed by atoms with Gasteiger partial charge >= 0.3 is 0 Å². The Bertz CT molecular complexity index is 955. The molecule has 2 heterocycles. The molecule has 0 fully saturated rings. The summed E-state index contributed by atoms with van der Waals surface area (Å²) < 4.78 is 0. The molecule has 7 heteroatoms. The summed E-state index contributed by atoms with van der Waals surface area (Å²) >= 11 is 2.64.